The van der Waals surface area contributed by atoms with Gasteiger partial charge in [-0.1, -0.05) is 51.1 Å². The van der Waals surface area contributed by atoms with Crippen molar-refractivity contribution >= 4 is 0 Å². The van der Waals surface area contributed by atoms with E-state index >= 15 is 0 Å². The minimum Gasteiger partial charge on any atom is -0.371 e. The molecule has 0 saturated heterocycles. The van der Waals surface area contributed by atoms with Crippen molar-refractivity contribution in [3.05, 3.63) is 35.9 Å². The van der Waals surface area contributed by atoms with Gasteiger partial charge in [0.15, 0.2) is 0 Å². The molecule has 1 nitrogen and oxygen atoms in total. The summed E-state index contributed by atoms with van der Waals surface area (Å²) < 4.78 is 5.76. The average molecular weight is 208 g/mol. The normalized spacial score (nSPS) is 10.5. The van der Waals surface area contributed by atoms with Crippen molar-refractivity contribution in [2.75, 3.05) is 0 Å². The summed E-state index contributed by atoms with van der Waals surface area (Å²) in [5.74, 6) is 0. The van der Waals surface area contributed by atoms with Crippen LogP contribution in [-0.4, -0.2) is 5.60 Å². The highest BCUT2D eigenvalue weighted by molar-refractivity contribution is 5.13. The molecule has 1 aromatic rings. The molecule has 0 atom stereocenters. The molecule has 1 heteroatoms. The Hall–Kier alpha value is -0.820. The van der Waals surface area contributed by atoms with Crippen LogP contribution in [-0.2, 0) is 11.3 Å². The molecular weight excluding hydrogens is 184 g/mol. The Morgan fingerprint density at radius 3 is 2.07 bits per heavy atom. The molecule has 0 spiro atoms. The van der Waals surface area contributed by atoms with E-state index < -0.39 is 0 Å². The first kappa shape index (κ1) is 14.2. The van der Waals surface area contributed by atoms with Crippen molar-refractivity contribution in [1.82, 2.24) is 0 Å². The molecule has 0 heterocycles. The van der Waals surface area contributed by atoms with Crippen LogP contribution in [0.4, 0.5) is 0 Å². The third-order valence-corrected chi connectivity index (χ3v) is 2.32. The lowest BCUT2D eigenvalue weighted by atomic mass is 10.1. The second-order valence-corrected chi connectivity index (χ2v) is 3.89. The summed E-state index contributed by atoms with van der Waals surface area (Å²) in [5, 5.41) is 0. The first-order chi connectivity index (χ1) is 7.14. The summed E-state index contributed by atoms with van der Waals surface area (Å²) in [5.41, 5.74) is 1.24. The molecule has 1 aromatic carbocycles. The summed E-state index contributed by atoms with van der Waals surface area (Å²) in [6, 6.07) is 10.3. The zero-order valence-corrected chi connectivity index (χ0v) is 10.7. The largest absolute Gasteiger partial charge is 0.371 e. The summed E-state index contributed by atoms with van der Waals surface area (Å²) in [7, 11) is 0. The highest BCUT2D eigenvalue weighted by Crippen LogP contribution is 2.15. The minimum atomic E-state index is -0.00413. The van der Waals surface area contributed by atoms with E-state index in [0.29, 0.717) is 6.61 Å². The molecule has 0 aliphatic carbocycles. The maximum Gasteiger partial charge on any atom is 0.0724 e. The summed E-state index contributed by atoms with van der Waals surface area (Å²) >= 11 is 0. The fraction of sp³-hybridized carbons (Fsp3) is 0.571. The molecule has 0 aliphatic rings. The van der Waals surface area contributed by atoms with Crippen LogP contribution in [0.2, 0.25) is 0 Å². The topological polar surface area (TPSA) is 9.23 Å². The molecule has 86 valence electrons. The third-order valence-electron chi connectivity index (χ3n) is 2.32. The number of hydrogen-bond acceptors (Lipinski definition) is 1. The van der Waals surface area contributed by atoms with Gasteiger partial charge in [-0.3, -0.25) is 0 Å². The molecule has 0 unspecified atom stereocenters. The van der Waals surface area contributed by atoms with E-state index in [2.05, 4.69) is 32.9 Å². The van der Waals surface area contributed by atoms with Crippen LogP contribution in [0.3, 0.4) is 0 Å². The predicted octanol–water partition coefficient (Wildman–Crippen LogP) is 4.42. The van der Waals surface area contributed by atoms with E-state index in [9.17, 15) is 0 Å². The minimum absolute atomic E-state index is 0.00413. The summed E-state index contributed by atoms with van der Waals surface area (Å²) in [4.78, 5) is 0. The Balaban J connectivity index is 0.000000921. The van der Waals surface area contributed by atoms with Gasteiger partial charge >= 0.3 is 0 Å². The SMILES string of the molecule is CC.CCC(C)(C)OCc1ccccc1. The van der Waals surface area contributed by atoms with Gasteiger partial charge in [0.2, 0.25) is 0 Å². The molecule has 0 bridgehead atoms. The molecular formula is C14H24O. The van der Waals surface area contributed by atoms with Gasteiger partial charge in [-0.2, -0.15) is 0 Å². The number of rotatable bonds is 4. The van der Waals surface area contributed by atoms with E-state index in [-0.39, 0.29) is 5.60 Å². The van der Waals surface area contributed by atoms with E-state index in [1.165, 1.54) is 5.56 Å². The van der Waals surface area contributed by atoms with Crippen LogP contribution in [0, 0.1) is 0 Å². The van der Waals surface area contributed by atoms with Gasteiger partial charge in [0, 0.05) is 0 Å². The molecule has 0 aromatic heterocycles. The smallest absolute Gasteiger partial charge is 0.0724 e. The lowest BCUT2D eigenvalue weighted by Gasteiger charge is -2.23. The van der Waals surface area contributed by atoms with Gasteiger partial charge in [0.05, 0.1) is 12.2 Å². The molecule has 1 rings (SSSR count). The van der Waals surface area contributed by atoms with Crippen molar-refractivity contribution < 1.29 is 4.74 Å². The first-order valence-electron chi connectivity index (χ1n) is 5.82. The van der Waals surface area contributed by atoms with Crippen LogP contribution in [0.25, 0.3) is 0 Å². The average Bonchev–Trinajstić information content (AvgIpc) is 2.31. The Kier molecular flexibility index (Phi) is 7.06. The molecule has 0 aliphatic heterocycles. The second-order valence-electron chi connectivity index (χ2n) is 3.89. The molecule has 0 saturated carbocycles. The lowest BCUT2D eigenvalue weighted by Crippen LogP contribution is -2.22. The zero-order valence-electron chi connectivity index (χ0n) is 10.7. The number of ether oxygens (including phenoxy) is 1. The Labute approximate surface area is 94.5 Å². The molecule has 0 fully saturated rings. The Bertz CT molecular complexity index is 239. The van der Waals surface area contributed by atoms with Crippen molar-refractivity contribution in [3.8, 4) is 0 Å². The zero-order chi connectivity index (χ0) is 11.7. The van der Waals surface area contributed by atoms with Crippen LogP contribution < -0.4 is 0 Å². The summed E-state index contributed by atoms with van der Waals surface area (Å²) in [6.45, 7) is 11.1. The quantitative estimate of drug-likeness (QED) is 0.711. The van der Waals surface area contributed by atoms with Crippen molar-refractivity contribution in [3.63, 3.8) is 0 Å². The van der Waals surface area contributed by atoms with Crippen molar-refractivity contribution in [1.29, 1.82) is 0 Å². The molecule has 0 radical (unpaired) electrons. The molecule has 0 amide bonds. The number of hydrogen-bond donors (Lipinski definition) is 0. The third kappa shape index (κ3) is 6.29. The van der Waals surface area contributed by atoms with E-state index in [1.807, 2.05) is 32.0 Å². The highest BCUT2D eigenvalue weighted by atomic mass is 16.5. The summed E-state index contributed by atoms with van der Waals surface area (Å²) in [6.07, 6.45) is 1.04. The van der Waals surface area contributed by atoms with Gasteiger partial charge in [-0.15, -0.1) is 0 Å². The Morgan fingerprint density at radius 1 is 1.07 bits per heavy atom. The van der Waals surface area contributed by atoms with Crippen molar-refractivity contribution in [2.45, 2.75) is 53.2 Å². The second kappa shape index (κ2) is 7.47. The monoisotopic (exact) mass is 208 g/mol. The van der Waals surface area contributed by atoms with Gasteiger partial charge in [-0.25, -0.2) is 0 Å². The van der Waals surface area contributed by atoms with E-state index in [1.54, 1.807) is 0 Å². The predicted molar refractivity (Wildman–Crippen MR) is 66.9 cm³/mol. The Morgan fingerprint density at radius 2 is 1.60 bits per heavy atom. The van der Waals surface area contributed by atoms with Gasteiger partial charge in [0.25, 0.3) is 0 Å². The van der Waals surface area contributed by atoms with Crippen LogP contribution in [0.15, 0.2) is 30.3 Å². The van der Waals surface area contributed by atoms with Gasteiger partial charge in [0.1, 0.15) is 0 Å². The standard InChI is InChI=1S/C12H18O.C2H6/c1-4-12(2,3)13-10-11-8-6-5-7-9-11;1-2/h5-9H,4,10H2,1-3H3;1-2H3. The van der Waals surface area contributed by atoms with Crippen molar-refractivity contribution in [2.24, 2.45) is 0 Å². The fourth-order valence-corrected chi connectivity index (χ4v) is 0.955. The lowest BCUT2D eigenvalue weighted by molar-refractivity contribution is -0.0316. The van der Waals surface area contributed by atoms with Gasteiger partial charge < -0.3 is 4.74 Å². The van der Waals surface area contributed by atoms with Crippen LogP contribution in [0.5, 0.6) is 0 Å². The van der Waals surface area contributed by atoms with E-state index in [0.717, 1.165) is 6.42 Å². The number of benzene rings is 1. The van der Waals surface area contributed by atoms with E-state index in [4.69, 9.17) is 4.74 Å². The highest BCUT2D eigenvalue weighted by Gasteiger charge is 2.14. The first-order valence-corrected chi connectivity index (χ1v) is 5.82. The maximum absolute atomic E-state index is 5.76. The van der Waals surface area contributed by atoms with Crippen LogP contribution >= 0.6 is 0 Å². The maximum atomic E-state index is 5.76. The molecule has 0 N–H and O–H groups in total. The van der Waals surface area contributed by atoms with Gasteiger partial charge in [-0.05, 0) is 25.8 Å². The fourth-order valence-electron chi connectivity index (χ4n) is 0.955. The molecule has 15 heavy (non-hydrogen) atoms. The van der Waals surface area contributed by atoms with Crippen LogP contribution in [0.1, 0.15) is 46.6 Å².